The Morgan fingerprint density at radius 1 is 1.32 bits per heavy atom. The summed E-state index contributed by atoms with van der Waals surface area (Å²) in [5, 5.41) is 4.37. The summed E-state index contributed by atoms with van der Waals surface area (Å²) in [5.41, 5.74) is 3.12. The zero-order chi connectivity index (χ0) is 13.4. The molecule has 0 radical (unpaired) electrons. The molecule has 0 N–H and O–H groups in total. The molecular weight excluding hydrogens is 243 g/mol. The average Bonchev–Trinajstić information content (AvgIpc) is 2.81. The molecule has 0 aromatic carbocycles. The van der Waals surface area contributed by atoms with E-state index in [0.29, 0.717) is 23.4 Å². The predicted molar refractivity (Wildman–Crippen MR) is 70.3 cm³/mol. The molecule has 0 unspecified atom stereocenters. The summed E-state index contributed by atoms with van der Waals surface area (Å²) in [7, 11) is 0. The molecule has 3 rings (SSSR count). The van der Waals surface area contributed by atoms with Crippen molar-refractivity contribution in [3.05, 3.63) is 47.7 Å². The van der Waals surface area contributed by atoms with Gasteiger partial charge in [-0.3, -0.25) is 4.98 Å². The molecule has 0 atom stereocenters. The smallest absolute Gasteiger partial charge is 0.184 e. The van der Waals surface area contributed by atoms with Crippen LogP contribution in [0.4, 0.5) is 4.39 Å². The van der Waals surface area contributed by atoms with Gasteiger partial charge in [0.05, 0.1) is 6.20 Å². The van der Waals surface area contributed by atoms with Crippen LogP contribution < -0.4 is 0 Å². The average molecular weight is 256 g/mol. The van der Waals surface area contributed by atoms with Gasteiger partial charge in [0, 0.05) is 23.5 Å². The number of hydrogen-bond donors (Lipinski definition) is 0. The molecule has 0 aliphatic rings. The van der Waals surface area contributed by atoms with Gasteiger partial charge in [-0.25, -0.2) is 13.9 Å². The fraction of sp³-hybridized carbons (Fsp3) is 0.214. The Kier molecular flexibility index (Phi) is 2.74. The van der Waals surface area contributed by atoms with Crippen molar-refractivity contribution in [1.82, 2.24) is 19.6 Å². The van der Waals surface area contributed by atoms with Crippen molar-refractivity contribution in [2.45, 2.75) is 20.3 Å². The number of pyridine rings is 2. The summed E-state index contributed by atoms with van der Waals surface area (Å²) >= 11 is 0. The highest BCUT2D eigenvalue weighted by Crippen LogP contribution is 2.23. The topological polar surface area (TPSA) is 43.1 Å². The Morgan fingerprint density at radius 3 is 2.95 bits per heavy atom. The van der Waals surface area contributed by atoms with Crippen LogP contribution in [0, 0.1) is 12.7 Å². The van der Waals surface area contributed by atoms with Crippen LogP contribution in [0.1, 0.15) is 18.1 Å². The van der Waals surface area contributed by atoms with E-state index in [9.17, 15) is 4.39 Å². The zero-order valence-electron chi connectivity index (χ0n) is 10.8. The van der Waals surface area contributed by atoms with Gasteiger partial charge in [-0.1, -0.05) is 6.92 Å². The minimum Gasteiger partial charge on any atom is -0.261 e. The van der Waals surface area contributed by atoms with Gasteiger partial charge in [-0.2, -0.15) is 0 Å². The van der Waals surface area contributed by atoms with E-state index in [1.165, 1.54) is 6.20 Å². The highest BCUT2D eigenvalue weighted by molar-refractivity contribution is 5.61. The number of halogens is 1. The monoisotopic (exact) mass is 256 g/mol. The van der Waals surface area contributed by atoms with Crippen LogP contribution in [-0.4, -0.2) is 19.6 Å². The van der Waals surface area contributed by atoms with Crippen molar-refractivity contribution < 1.29 is 4.39 Å². The third-order valence-corrected chi connectivity index (χ3v) is 3.09. The number of nitrogens with zero attached hydrogens (tertiary/aromatic N) is 4. The number of aryl methyl sites for hydroxylation is 1. The number of hydrogen-bond acceptors (Lipinski definition) is 3. The van der Waals surface area contributed by atoms with Crippen molar-refractivity contribution in [2.24, 2.45) is 0 Å². The number of aromatic nitrogens is 4. The fourth-order valence-corrected chi connectivity index (χ4v) is 2.11. The molecule has 0 saturated heterocycles. The van der Waals surface area contributed by atoms with E-state index in [4.69, 9.17) is 0 Å². The van der Waals surface area contributed by atoms with E-state index in [1.54, 1.807) is 10.7 Å². The maximum absolute atomic E-state index is 13.7. The molecule has 3 aromatic heterocycles. The molecule has 0 fully saturated rings. The third-order valence-electron chi connectivity index (χ3n) is 3.09. The molecule has 19 heavy (non-hydrogen) atoms. The van der Waals surface area contributed by atoms with Crippen LogP contribution in [0.15, 0.2) is 30.7 Å². The summed E-state index contributed by atoms with van der Waals surface area (Å²) < 4.78 is 15.4. The van der Waals surface area contributed by atoms with E-state index in [1.807, 2.05) is 32.2 Å². The lowest BCUT2D eigenvalue weighted by atomic mass is 10.1. The van der Waals surface area contributed by atoms with Crippen LogP contribution in [0.2, 0.25) is 0 Å². The number of rotatable bonds is 2. The molecule has 0 amide bonds. The molecule has 0 aliphatic heterocycles. The first kappa shape index (κ1) is 11.8. The van der Waals surface area contributed by atoms with E-state index in [-0.39, 0.29) is 5.82 Å². The maximum Gasteiger partial charge on any atom is 0.184 e. The Morgan fingerprint density at radius 2 is 2.16 bits per heavy atom. The molecule has 5 heteroatoms. The molecule has 3 aromatic rings. The van der Waals surface area contributed by atoms with Crippen molar-refractivity contribution >= 4 is 5.65 Å². The minimum atomic E-state index is -0.310. The fourth-order valence-electron chi connectivity index (χ4n) is 2.11. The highest BCUT2D eigenvalue weighted by Gasteiger charge is 2.13. The first-order valence-electron chi connectivity index (χ1n) is 6.15. The van der Waals surface area contributed by atoms with Gasteiger partial charge in [-0.15, -0.1) is 5.10 Å². The summed E-state index contributed by atoms with van der Waals surface area (Å²) in [6.07, 6.45) is 5.27. The predicted octanol–water partition coefficient (Wildman–Crippen LogP) is 2.80. The molecular formula is C14H13FN4. The summed E-state index contributed by atoms with van der Waals surface area (Å²) in [6.45, 7) is 3.90. The summed E-state index contributed by atoms with van der Waals surface area (Å²) in [5.74, 6) is 0.199. The molecule has 3 heterocycles. The molecule has 0 spiro atoms. The molecule has 4 nitrogen and oxygen atoms in total. The Bertz CT molecular complexity index is 748. The van der Waals surface area contributed by atoms with Crippen molar-refractivity contribution in [3.63, 3.8) is 0 Å². The molecule has 0 saturated carbocycles. The Labute approximate surface area is 109 Å². The van der Waals surface area contributed by atoms with Crippen molar-refractivity contribution in [2.75, 3.05) is 0 Å². The lowest BCUT2D eigenvalue weighted by molar-refractivity contribution is 0.606. The third kappa shape index (κ3) is 1.97. The molecule has 96 valence electrons. The van der Waals surface area contributed by atoms with Crippen LogP contribution in [0.5, 0.6) is 0 Å². The van der Waals surface area contributed by atoms with Gasteiger partial charge in [0.15, 0.2) is 11.5 Å². The van der Waals surface area contributed by atoms with Gasteiger partial charge in [0.2, 0.25) is 0 Å². The van der Waals surface area contributed by atoms with Gasteiger partial charge in [-0.05, 0) is 31.0 Å². The van der Waals surface area contributed by atoms with E-state index in [2.05, 4.69) is 15.1 Å². The van der Waals surface area contributed by atoms with Gasteiger partial charge >= 0.3 is 0 Å². The van der Waals surface area contributed by atoms with Gasteiger partial charge in [0.1, 0.15) is 5.82 Å². The maximum atomic E-state index is 13.7. The lowest BCUT2D eigenvalue weighted by Crippen LogP contribution is -1.96. The second kappa shape index (κ2) is 4.42. The van der Waals surface area contributed by atoms with Gasteiger partial charge in [0.25, 0.3) is 0 Å². The van der Waals surface area contributed by atoms with Crippen molar-refractivity contribution in [3.8, 4) is 11.4 Å². The first-order valence-corrected chi connectivity index (χ1v) is 6.15. The Balaban J connectivity index is 2.22. The summed E-state index contributed by atoms with van der Waals surface area (Å²) in [4.78, 5) is 8.33. The minimum absolute atomic E-state index is 0.310. The summed E-state index contributed by atoms with van der Waals surface area (Å²) in [6, 6.07) is 3.89. The SMILES string of the molecule is CCc1c(F)cncc1-c1nc2cc(C)ccn2n1. The van der Waals surface area contributed by atoms with Crippen LogP contribution in [0.3, 0.4) is 0 Å². The molecule has 0 bridgehead atoms. The second-order valence-electron chi connectivity index (χ2n) is 4.44. The van der Waals surface area contributed by atoms with Gasteiger partial charge < -0.3 is 0 Å². The van der Waals surface area contributed by atoms with Crippen molar-refractivity contribution in [1.29, 1.82) is 0 Å². The van der Waals surface area contributed by atoms with E-state index >= 15 is 0 Å². The van der Waals surface area contributed by atoms with Crippen LogP contribution >= 0.6 is 0 Å². The molecule has 0 aliphatic carbocycles. The van der Waals surface area contributed by atoms with Crippen LogP contribution in [-0.2, 0) is 6.42 Å². The van der Waals surface area contributed by atoms with E-state index in [0.717, 1.165) is 11.2 Å². The van der Waals surface area contributed by atoms with E-state index < -0.39 is 0 Å². The largest absolute Gasteiger partial charge is 0.261 e. The first-order chi connectivity index (χ1) is 9.19. The normalized spacial score (nSPS) is 11.1. The highest BCUT2D eigenvalue weighted by atomic mass is 19.1. The second-order valence-corrected chi connectivity index (χ2v) is 4.44. The number of fused-ring (bicyclic) bond motifs is 1. The quantitative estimate of drug-likeness (QED) is 0.708. The standard InChI is InChI=1S/C14H13FN4/c1-3-10-11(7-16-8-12(10)15)14-17-13-6-9(2)4-5-19(13)18-14/h4-8H,3H2,1-2H3. The zero-order valence-corrected chi connectivity index (χ0v) is 10.8. The lowest BCUT2D eigenvalue weighted by Gasteiger charge is -2.03. The van der Waals surface area contributed by atoms with Crippen LogP contribution in [0.25, 0.3) is 17.0 Å². The Hall–Kier alpha value is -2.30.